The summed E-state index contributed by atoms with van der Waals surface area (Å²) < 4.78 is 38.8. The van der Waals surface area contributed by atoms with E-state index in [1.807, 2.05) is 12.1 Å². The molecule has 0 bridgehead atoms. The van der Waals surface area contributed by atoms with Crippen LogP contribution in [0.2, 0.25) is 0 Å². The summed E-state index contributed by atoms with van der Waals surface area (Å²) in [7, 11) is -4.35. The Labute approximate surface area is 152 Å². The maximum absolute atomic E-state index is 11.5. The van der Waals surface area contributed by atoms with Crippen molar-refractivity contribution >= 4 is 83.9 Å². The van der Waals surface area contributed by atoms with E-state index in [9.17, 15) is 17.8 Å². The molecule has 0 saturated carbocycles. The highest BCUT2D eigenvalue weighted by Gasteiger charge is 2.11. The molecule has 9 heteroatoms. The number of ether oxygens (including phenoxy) is 1. The third kappa shape index (κ3) is 6.86. The number of hydrogen-bond donors (Lipinski definition) is 0. The molecule has 0 amide bonds. The standard InChI is InChI=1S/C10H9I3O5S/c11-7-3-6(10(13)8(12)5-7)4-9(14)18-1-2-19(15,16)17/h3,5H,1-2,4H2,(H,15,16,17)/p-1. The minimum absolute atomic E-state index is 0.0595. The molecule has 0 atom stereocenters. The maximum Gasteiger partial charge on any atom is 0.310 e. The third-order valence-electron chi connectivity index (χ3n) is 2.00. The molecule has 0 aliphatic rings. The molecule has 0 unspecified atom stereocenters. The van der Waals surface area contributed by atoms with Crippen LogP contribution in [-0.4, -0.2) is 31.3 Å². The normalized spacial score (nSPS) is 11.4. The van der Waals surface area contributed by atoms with Gasteiger partial charge in [-0.05, 0) is 85.5 Å². The first kappa shape index (κ1) is 17.8. The van der Waals surface area contributed by atoms with Gasteiger partial charge in [0.25, 0.3) is 0 Å². The molecule has 0 N–H and O–H groups in total. The topological polar surface area (TPSA) is 83.5 Å². The molecular weight excluding hydrogens is 613 g/mol. The van der Waals surface area contributed by atoms with Gasteiger partial charge >= 0.3 is 5.97 Å². The van der Waals surface area contributed by atoms with E-state index in [1.165, 1.54) is 0 Å². The van der Waals surface area contributed by atoms with Crippen LogP contribution in [0.15, 0.2) is 12.1 Å². The molecule has 1 rings (SSSR count). The fourth-order valence-electron chi connectivity index (χ4n) is 1.20. The van der Waals surface area contributed by atoms with Crippen LogP contribution < -0.4 is 0 Å². The molecule has 0 aliphatic carbocycles. The van der Waals surface area contributed by atoms with Gasteiger partial charge in [0.15, 0.2) is 0 Å². The van der Waals surface area contributed by atoms with Gasteiger partial charge in [-0.15, -0.1) is 0 Å². The Bertz CT molecular complexity index is 585. The van der Waals surface area contributed by atoms with Crippen molar-refractivity contribution in [2.75, 3.05) is 12.4 Å². The lowest BCUT2D eigenvalue weighted by Crippen LogP contribution is -2.16. The number of hydrogen-bond acceptors (Lipinski definition) is 5. The summed E-state index contributed by atoms with van der Waals surface area (Å²) in [5, 5.41) is 0. The summed E-state index contributed by atoms with van der Waals surface area (Å²) in [6, 6.07) is 3.86. The predicted octanol–water partition coefficient (Wildman–Crippen LogP) is 2.13. The summed E-state index contributed by atoms with van der Waals surface area (Å²) in [5.41, 5.74) is 0.826. The number of carbonyl (C=O) groups excluding carboxylic acids is 1. The first-order valence-electron chi connectivity index (χ1n) is 4.91. The van der Waals surface area contributed by atoms with E-state index in [1.54, 1.807) is 0 Å². The zero-order valence-electron chi connectivity index (χ0n) is 9.36. The van der Waals surface area contributed by atoms with Gasteiger partial charge in [-0.25, -0.2) is 8.42 Å². The summed E-state index contributed by atoms with van der Waals surface area (Å²) in [4.78, 5) is 11.5. The van der Waals surface area contributed by atoms with Gasteiger partial charge in [0.2, 0.25) is 0 Å². The molecule has 5 nitrogen and oxygen atoms in total. The number of halogens is 3. The van der Waals surface area contributed by atoms with Gasteiger partial charge in [-0.3, -0.25) is 4.79 Å². The van der Waals surface area contributed by atoms with Gasteiger partial charge in [0, 0.05) is 10.7 Å². The lowest BCUT2D eigenvalue weighted by atomic mass is 10.2. The van der Waals surface area contributed by atoms with Gasteiger partial charge in [-0.2, -0.15) is 0 Å². The van der Waals surface area contributed by atoms with Crippen molar-refractivity contribution in [1.29, 1.82) is 0 Å². The van der Waals surface area contributed by atoms with Crippen molar-refractivity contribution in [3.05, 3.63) is 28.4 Å². The fourth-order valence-corrected chi connectivity index (χ4v) is 3.96. The van der Waals surface area contributed by atoms with Crippen LogP contribution in [0.1, 0.15) is 5.56 Å². The second kappa shape index (κ2) is 7.70. The van der Waals surface area contributed by atoms with Crippen molar-refractivity contribution in [1.82, 2.24) is 0 Å². The fraction of sp³-hybridized carbons (Fsp3) is 0.300. The molecule has 0 saturated heterocycles. The Balaban J connectivity index is 2.63. The van der Waals surface area contributed by atoms with Crippen LogP contribution in [0, 0.1) is 10.7 Å². The predicted molar refractivity (Wildman–Crippen MR) is 93.8 cm³/mol. The first-order valence-corrected chi connectivity index (χ1v) is 9.73. The van der Waals surface area contributed by atoms with Crippen molar-refractivity contribution in [2.45, 2.75) is 6.42 Å². The minimum Gasteiger partial charge on any atom is -0.748 e. The SMILES string of the molecule is O=C(Cc1cc(I)cc(I)c1I)OCCS(=O)(=O)[O-]. The molecule has 0 heterocycles. The van der Waals surface area contributed by atoms with E-state index in [-0.39, 0.29) is 6.42 Å². The first-order chi connectivity index (χ1) is 8.69. The van der Waals surface area contributed by atoms with E-state index >= 15 is 0 Å². The van der Waals surface area contributed by atoms with Crippen LogP contribution in [0.4, 0.5) is 0 Å². The summed E-state index contributed by atoms with van der Waals surface area (Å²) in [6.45, 7) is -0.401. The van der Waals surface area contributed by atoms with Crippen LogP contribution in [-0.2, 0) is 26.1 Å². The molecule has 0 fully saturated rings. The molecule has 1 aromatic rings. The number of carbonyl (C=O) groups is 1. The summed E-state index contributed by atoms with van der Waals surface area (Å²) in [6.07, 6.45) is 0.0595. The van der Waals surface area contributed by atoms with Crippen molar-refractivity contribution in [3.63, 3.8) is 0 Å². The number of benzene rings is 1. The van der Waals surface area contributed by atoms with E-state index in [2.05, 4.69) is 67.8 Å². The maximum atomic E-state index is 11.5. The highest BCUT2D eigenvalue weighted by atomic mass is 127. The molecule has 106 valence electrons. The molecule has 0 aliphatic heterocycles. The highest BCUT2D eigenvalue weighted by molar-refractivity contribution is 14.1. The zero-order chi connectivity index (χ0) is 14.6. The largest absolute Gasteiger partial charge is 0.748 e. The lowest BCUT2D eigenvalue weighted by molar-refractivity contribution is -0.142. The van der Waals surface area contributed by atoms with Crippen molar-refractivity contribution in [2.24, 2.45) is 0 Å². The Morgan fingerprint density at radius 1 is 1.26 bits per heavy atom. The molecule has 19 heavy (non-hydrogen) atoms. The molecule has 1 aromatic carbocycles. The summed E-state index contributed by atoms with van der Waals surface area (Å²) >= 11 is 6.47. The monoisotopic (exact) mass is 621 g/mol. The Kier molecular flexibility index (Phi) is 7.23. The highest BCUT2D eigenvalue weighted by Crippen LogP contribution is 2.23. The molecular formula is C10H8I3O5S-. The Morgan fingerprint density at radius 3 is 2.47 bits per heavy atom. The number of esters is 1. The number of rotatable bonds is 5. The van der Waals surface area contributed by atoms with Gasteiger partial charge < -0.3 is 9.29 Å². The Morgan fingerprint density at radius 2 is 1.89 bits per heavy atom. The van der Waals surface area contributed by atoms with Crippen molar-refractivity contribution < 1.29 is 22.5 Å². The van der Waals surface area contributed by atoms with Crippen LogP contribution in [0.5, 0.6) is 0 Å². The van der Waals surface area contributed by atoms with E-state index in [4.69, 9.17) is 4.74 Å². The van der Waals surface area contributed by atoms with E-state index in [0.717, 1.165) is 16.3 Å². The Hall–Kier alpha value is 0.790. The molecule has 0 radical (unpaired) electrons. The second-order valence-corrected chi connectivity index (χ2v) is 8.53. The second-order valence-electron chi connectivity index (χ2n) is 3.52. The van der Waals surface area contributed by atoms with Gasteiger partial charge in [-0.1, -0.05) is 0 Å². The lowest BCUT2D eigenvalue weighted by Gasteiger charge is -2.09. The zero-order valence-corrected chi connectivity index (χ0v) is 16.6. The average molecular weight is 621 g/mol. The van der Waals surface area contributed by atoms with E-state index in [0.29, 0.717) is 0 Å². The van der Waals surface area contributed by atoms with E-state index < -0.39 is 28.4 Å². The van der Waals surface area contributed by atoms with Crippen LogP contribution in [0.25, 0.3) is 0 Å². The van der Waals surface area contributed by atoms with Gasteiger partial charge in [0.1, 0.15) is 6.61 Å². The third-order valence-corrected chi connectivity index (χ3v) is 6.45. The molecule has 0 aromatic heterocycles. The smallest absolute Gasteiger partial charge is 0.310 e. The minimum atomic E-state index is -4.35. The van der Waals surface area contributed by atoms with Crippen LogP contribution in [0.3, 0.4) is 0 Å². The summed E-state index contributed by atoms with van der Waals surface area (Å²) in [5.74, 6) is -1.24. The van der Waals surface area contributed by atoms with Crippen molar-refractivity contribution in [3.8, 4) is 0 Å². The molecule has 0 spiro atoms. The van der Waals surface area contributed by atoms with Gasteiger partial charge in [0.05, 0.1) is 22.3 Å². The quantitative estimate of drug-likeness (QED) is 0.218. The average Bonchev–Trinajstić information content (AvgIpc) is 2.23. The van der Waals surface area contributed by atoms with Crippen LogP contribution >= 0.6 is 67.8 Å².